The Morgan fingerprint density at radius 1 is 1.29 bits per heavy atom. The van der Waals surface area contributed by atoms with E-state index in [2.05, 4.69) is 21.2 Å². The molecule has 94 valence electrons. The van der Waals surface area contributed by atoms with E-state index in [0.29, 0.717) is 18.6 Å². The van der Waals surface area contributed by atoms with Gasteiger partial charge in [-0.2, -0.15) is 0 Å². The molecule has 1 aliphatic carbocycles. The molecule has 0 unspecified atom stereocenters. The summed E-state index contributed by atoms with van der Waals surface area (Å²) in [5.74, 6) is -0.185. The summed E-state index contributed by atoms with van der Waals surface area (Å²) in [6, 6.07) is 5.68. The van der Waals surface area contributed by atoms with Crippen molar-refractivity contribution in [2.45, 2.75) is 44.3 Å². The average Bonchev–Trinajstić information content (AvgIpc) is 2.32. The lowest BCUT2D eigenvalue weighted by atomic mass is 9.92. The summed E-state index contributed by atoms with van der Waals surface area (Å²) in [5.41, 5.74) is 6.84. The van der Waals surface area contributed by atoms with Gasteiger partial charge in [0.2, 0.25) is 0 Å². The fraction of sp³-hybridized carbons (Fsp3) is 0.538. The molecule has 0 spiro atoms. The Bertz CT molecular complexity index is 376. The van der Waals surface area contributed by atoms with Crippen LogP contribution in [0.15, 0.2) is 22.7 Å². The number of hydrogen-bond donors (Lipinski definition) is 2. The molecule has 1 saturated carbocycles. The SMILES string of the molecule is NC1CCC(NCc2cc(F)ccc2Br)CC1. The molecule has 0 aromatic heterocycles. The summed E-state index contributed by atoms with van der Waals surface area (Å²) in [7, 11) is 0. The van der Waals surface area contributed by atoms with Gasteiger partial charge < -0.3 is 11.1 Å². The third kappa shape index (κ3) is 3.76. The van der Waals surface area contributed by atoms with Gasteiger partial charge >= 0.3 is 0 Å². The molecule has 1 aromatic carbocycles. The molecule has 1 fully saturated rings. The smallest absolute Gasteiger partial charge is 0.123 e. The molecule has 1 aromatic rings. The molecule has 0 heterocycles. The lowest BCUT2D eigenvalue weighted by Crippen LogP contribution is -2.37. The van der Waals surface area contributed by atoms with Gasteiger partial charge in [-0.15, -0.1) is 0 Å². The maximum Gasteiger partial charge on any atom is 0.123 e. The minimum absolute atomic E-state index is 0.185. The van der Waals surface area contributed by atoms with Crippen molar-refractivity contribution in [2.75, 3.05) is 0 Å². The molecule has 4 heteroatoms. The van der Waals surface area contributed by atoms with E-state index in [1.54, 1.807) is 12.1 Å². The van der Waals surface area contributed by atoms with E-state index in [-0.39, 0.29) is 5.82 Å². The Morgan fingerprint density at radius 3 is 2.71 bits per heavy atom. The monoisotopic (exact) mass is 300 g/mol. The molecule has 0 amide bonds. The number of benzene rings is 1. The molecule has 2 rings (SSSR count). The molecule has 3 N–H and O–H groups in total. The maximum atomic E-state index is 13.1. The molecular weight excluding hydrogens is 283 g/mol. The van der Waals surface area contributed by atoms with Crippen molar-refractivity contribution in [1.82, 2.24) is 5.32 Å². The number of nitrogens with two attached hydrogens (primary N) is 1. The van der Waals surface area contributed by atoms with Crippen molar-refractivity contribution >= 4 is 15.9 Å². The largest absolute Gasteiger partial charge is 0.328 e. The second kappa shape index (κ2) is 5.94. The normalized spacial score (nSPS) is 24.9. The molecule has 0 atom stereocenters. The Labute approximate surface area is 110 Å². The minimum atomic E-state index is -0.185. The van der Waals surface area contributed by atoms with Crippen LogP contribution in [0.4, 0.5) is 4.39 Å². The van der Waals surface area contributed by atoms with Crippen molar-refractivity contribution in [1.29, 1.82) is 0 Å². The van der Waals surface area contributed by atoms with Crippen LogP contribution < -0.4 is 11.1 Å². The predicted octanol–water partition coefficient (Wildman–Crippen LogP) is 2.95. The van der Waals surface area contributed by atoms with Crippen LogP contribution >= 0.6 is 15.9 Å². The van der Waals surface area contributed by atoms with Crippen molar-refractivity contribution in [2.24, 2.45) is 5.73 Å². The molecule has 2 nitrogen and oxygen atoms in total. The fourth-order valence-electron chi connectivity index (χ4n) is 2.26. The van der Waals surface area contributed by atoms with Crippen molar-refractivity contribution in [3.63, 3.8) is 0 Å². The van der Waals surface area contributed by atoms with E-state index in [1.165, 1.54) is 6.07 Å². The highest BCUT2D eigenvalue weighted by Gasteiger charge is 2.18. The zero-order valence-corrected chi connectivity index (χ0v) is 11.3. The van der Waals surface area contributed by atoms with Crippen LogP contribution in [0.5, 0.6) is 0 Å². The maximum absolute atomic E-state index is 13.1. The summed E-state index contributed by atoms with van der Waals surface area (Å²) in [5, 5.41) is 3.47. The number of rotatable bonds is 3. The van der Waals surface area contributed by atoms with Gasteiger partial charge in [-0.3, -0.25) is 0 Å². The first-order valence-corrected chi connectivity index (χ1v) is 6.87. The second-order valence-electron chi connectivity index (χ2n) is 4.73. The van der Waals surface area contributed by atoms with E-state index in [9.17, 15) is 4.39 Å². The van der Waals surface area contributed by atoms with E-state index < -0.39 is 0 Å². The minimum Gasteiger partial charge on any atom is -0.328 e. The molecule has 0 saturated heterocycles. The van der Waals surface area contributed by atoms with Crippen molar-refractivity contribution < 1.29 is 4.39 Å². The van der Waals surface area contributed by atoms with E-state index in [0.717, 1.165) is 35.7 Å². The van der Waals surface area contributed by atoms with Gasteiger partial charge in [-0.05, 0) is 49.4 Å². The zero-order chi connectivity index (χ0) is 12.3. The zero-order valence-electron chi connectivity index (χ0n) is 9.76. The van der Waals surface area contributed by atoms with Crippen molar-refractivity contribution in [3.8, 4) is 0 Å². The fourth-order valence-corrected chi connectivity index (χ4v) is 2.64. The molecule has 0 aliphatic heterocycles. The average molecular weight is 301 g/mol. The highest BCUT2D eigenvalue weighted by Crippen LogP contribution is 2.20. The van der Waals surface area contributed by atoms with Gasteiger partial charge in [0.1, 0.15) is 5.82 Å². The first-order chi connectivity index (χ1) is 8.15. The summed E-state index contributed by atoms with van der Waals surface area (Å²) < 4.78 is 14.1. The van der Waals surface area contributed by atoms with Crippen LogP contribution in [0.3, 0.4) is 0 Å². The third-order valence-corrected chi connectivity index (χ3v) is 4.13. The van der Waals surface area contributed by atoms with E-state index >= 15 is 0 Å². The Hall–Kier alpha value is -0.450. The quantitative estimate of drug-likeness (QED) is 0.901. The standard InChI is InChI=1S/C13H18BrFN2/c14-13-6-1-10(15)7-9(13)8-17-12-4-2-11(16)3-5-12/h1,6-7,11-12,17H,2-5,8,16H2. The van der Waals surface area contributed by atoms with Crippen LogP contribution in [0.1, 0.15) is 31.2 Å². The van der Waals surface area contributed by atoms with Gasteiger partial charge in [-0.1, -0.05) is 15.9 Å². The summed E-state index contributed by atoms with van der Waals surface area (Å²) in [4.78, 5) is 0. The Balaban J connectivity index is 1.87. The molecule has 17 heavy (non-hydrogen) atoms. The van der Waals surface area contributed by atoms with Crippen molar-refractivity contribution in [3.05, 3.63) is 34.1 Å². The lowest BCUT2D eigenvalue weighted by Gasteiger charge is -2.27. The number of nitrogens with one attached hydrogen (secondary N) is 1. The second-order valence-corrected chi connectivity index (χ2v) is 5.58. The molecule has 0 bridgehead atoms. The Kier molecular flexibility index (Phi) is 4.54. The summed E-state index contributed by atoms with van der Waals surface area (Å²) >= 11 is 3.44. The summed E-state index contributed by atoms with van der Waals surface area (Å²) in [6.45, 7) is 0.707. The summed E-state index contributed by atoms with van der Waals surface area (Å²) in [6.07, 6.45) is 4.41. The number of hydrogen-bond acceptors (Lipinski definition) is 2. The van der Waals surface area contributed by atoms with Crippen LogP contribution in [-0.2, 0) is 6.54 Å². The highest BCUT2D eigenvalue weighted by atomic mass is 79.9. The highest BCUT2D eigenvalue weighted by molar-refractivity contribution is 9.10. The van der Waals surface area contributed by atoms with E-state index in [1.807, 2.05) is 0 Å². The first-order valence-electron chi connectivity index (χ1n) is 6.08. The molecule has 0 radical (unpaired) electrons. The van der Waals surface area contributed by atoms with Gasteiger partial charge in [0, 0.05) is 23.1 Å². The van der Waals surface area contributed by atoms with Gasteiger partial charge in [-0.25, -0.2) is 4.39 Å². The van der Waals surface area contributed by atoms with Gasteiger partial charge in [0.15, 0.2) is 0 Å². The lowest BCUT2D eigenvalue weighted by molar-refractivity contribution is 0.341. The number of halogens is 2. The first kappa shape index (κ1) is 13.0. The van der Waals surface area contributed by atoms with Gasteiger partial charge in [0.05, 0.1) is 0 Å². The Morgan fingerprint density at radius 2 is 2.00 bits per heavy atom. The van der Waals surface area contributed by atoms with Crippen LogP contribution in [0.2, 0.25) is 0 Å². The predicted molar refractivity (Wildman–Crippen MR) is 71.2 cm³/mol. The topological polar surface area (TPSA) is 38.0 Å². The molecular formula is C13H18BrFN2. The van der Waals surface area contributed by atoms with Gasteiger partial charge in [0.25, 0.3) is 0 Å². The van der Waals surface area contributed by atoms with Crippen LogP contribution in [0, 0.1) is 5.82 Å². The van der Waals surface area contributed by atoms with Crippen LogP contribution in [0.25, 0.3) is 0 Å². The van der Waals surface area contributed by atoms with E-state index in [4.69, 9.17) is 5.73 Å². The van der Waals surface area contributed by atoms with Crippen LogP contribution in [-0.4, -0.2) is 12.1 Å². The molecule has 1 aliphatic rings. The third-order valence-electron chi connectivity index (χ3n) is 3.36.